The maximum absolute atomic E-state index is 13.4. The van der Waals surface area contributed by atoms with Crippen molar-refractivity contribution in [2.24, 2.45) is 0 Å². The zero-order chi connectivity index (χ0) is 29.2. The lowest BCUT2D eigenvalue weighted by Gasteiger charge is -2.57. The van der Waals surface area contributed by atoms with Crippen molar-refractivity contribution in [1.29, 1.82) is 0 Å². The number of nitrogens with zero attached hydrogens (tertiary/aromatic N) is 3. The van der Waals surface area contributed by atoms with Gasteiger partial charge in [0.1, 0.15) is 0 Å². The molecule has 0 amide bonds. The summed E-state index contributed by atoms with van der Waals surface area (Å²) in [6.07, 6.45) is -0.389. The highest BCUT2D eigenvalue weighted by molar-refractivity contribution is 5.36. The normalized spacial score (nSPS) is 26.4. The van der Waals surface area contributed by atoms with Gasteiger partial charge in [-0.25, -0.2) is 0 Å². The van der Waals surface area contributed by atoms with E-state index in [4.69, 9.17) is 9.26 Å². The van der Waals surface area contributed by atoms with Crippen LogP contribution in [0.1, 0.15) is 55.3 Å². The van der Waals surface area contributed by atoms with Gasteiger partial charge in [0, 0.05) is 31.6 Å². The van der Waals surface area contributed by atoms with Gasteiger partial charge >= 0.3 is 12.4 Å². The first-order chi connectivity index (χ1) is 18.8. The highest BCUT2D eigenvalue weighted by Crippen LogP contribution is 2.43. The fourth-order valence-corrected chi connectivity index (χ4v) is 5.50. The Morgan fingerprint density at radius 1 is 1.15 bits per heavy atom. The molecule has 218 valence electrons. The van der Waals surface area contributed by atoms with Gasteiger partial charge in [-0.05, 0) is 56.0 Å². The van der Waals surface area contributed by atoms with Crippen LogP contribution in [0.15, 0.2) is 65.6 Å². The first-order valence-electron chi connectivity index (χ1n) is 12.9. The zero-order valence-electron chi connectivity index (χ0n) is 22.3. The molecular formula is C28H32F6N4O2. The van der Waals surface area contributed by atoms with Gasteiger partial charge in [-0.3, -0.25) is 4.90 Å². The van der Waals surface area contributed by atoms with E-state index in [1.54, 1.807) is 0 Å². The summed E-state index contributed by atoms with van der Waals surface area (Å²) < 4.78 is 91.7. The number of piperazine rings is 1. The van der Waals surface area contributed by atoms with Crippen molar-refractivity contribution in [2.45, 2.75) is 62.6 Å². The van der Waals surface area contributed by atoms with Crippen molar-refractivity contribution in [2.75, 3.05) is 26.2 Å². The number of ether oxygens (including phenoxy) is 1. The number of nitrogens with one attached hydrogen (secondary N) is 1. The summed E-state index contributed by atoms with van der Waals surface area (Å²) in [6.45, 7) is 9.57. The molecule has 2 aromatic rings. The van der Waals surface area contributed by atoms with Crippen LogP contribution in [0.2, 0.25) is 0 Å². The minimum Gasteiger partial charge on any atom is -0.372 e. The third-order valence-electron chi connectivity index (χ3n) is 7.75. The molecule has 12 heteroatoms. The Bertz CT molecular complexity index is 1210. The smallest absolute Gasteiger partial charge is 0.372 e. The molecule has 40 heavy (non-hydrogen) atoms. The summed E-state index contributed by atoms with van der Waals surface area (Å²) in [7, 11) is 0. The largest absolute Gasteiger partial charge is 0.416 e. The van der Waals surface area contributed by atoms with Crippen LogP contribution in [0.4, 0.5) is 26.3 Å². The highest BCUT2D eigenvalue weighted by Gasteiger charge is 2.51. The van der Waals surface area contributed by atoms with E-state index in [1.165, 1.54) is 13.3 Å². The summed E-state index contributed by atoms with van der Waals surface area (Å²) in [5.74, 6) is 0.573. The molecule has 2 saturated heterocycles. The third-order valence-corrected chi connectivity index (χ3v) is 7.75. The molecular weight excluding hydrogens is 538 g/mol. The van der Waals surface area contributed by atoms with Crippen LogP contribution >= 0.6 is 0 Å². The Morgan fingerprint density at radius 2 is 1.85 bits per heavy atom. The fraction of sp³-hybridized carbons (Fsp3) is 0.500. The van der Waals surface area contributed by atoms with Crippen LogP contribution in [0, 0.1) is 0 Å². The number of hydrogen-bond acceptors (Lipinski definition) is 6. The van der Waals surface area contributed by atoms with Gasteiger partial charge in [0.15, 0.2) is 5.82 Å². The van der Waals surface area contributed by atoms with Crippen molar-refractivity contribution in [3.8, 4) is 0 Å². The number of rotatable bonds is 9. The van der Waals surface area contributed by atoms with Crippen molar-refractivity contribution in [3.63, 3.8) is 0 Å². The number of aromatic nitrogens is 2. The van der Waals surface area contributed by atoms with Gasteiger partial charge in [-0.2, -0.15) is 31.3 Å². The number of benzene rings is 1. The number of halogens is 6. The van der Waals surface area contributed by atoms with Crippen molar-refractivity contribution >= 4 is 0 Å². The van der Waals surface area contributed by atoms with Crippen LogP contribution in [-0.2, 0) is 23.5 Å². The number of piperidine rings is 1. The summed E-state index contributed by atoms with van der Waals surface area (Å²) in [5.41, 5.74) is -3.24. The van der Waals surface area contributed by atoms with E-state index in [-0.39, 0.29) is 23.8 Å². The Hall–Kier alpha value is -2.96. The van der Waals surface area contributed by atoms with Crippen molar-refractivity contribution in [3.05, 3.63) is 83.6 Å². The quantitative estimate of drug-likeness (QED) is 0.282. The Kier molecular flexibility index (Phi) is 8.63. The summed E-state index contributed by atoms with van der Waals surface area (Å²) in [6, 6.07) is 1.56. The number of allylic oxidation sites excluding steroid dienone is 3. The third kappa shape index (κ3) is 6.50. The van der Waals surface area contributed by atoms with Crippen LogP contribution < -0.4 is 5.32 Å². The minimum atomic E-state index is -4.94. The Balaban J connectivity index is 1.62. The van der Waals surface area contributed by atoms with Gasteiger partial charge in [-0.15, -0.1) is 0 Å². The molecule has 1 N–H and O–H groups in total. The maximum atomic E-state index is 13.4. The topological polar surface area (TPSA) is 63.4 Å². The average molecular weight is 571 g/mol. The standard InChI is InChI=1S/C28H32F6N4O2/c1-4-5-6-7-19(2)26(9-8-25(15-24-35-18-40-37-24)16-38(26)11-10-36-25)17-39-20(3)21-12-22(27(29,30)31)14-23(13-21)28(32,33)34/h4-7,12-14,18,20,36H,2,8-11,15-17H2,1,3H3/b5-4-,7-6-/t20-,25+,26-/m1/s1. The molecule has 0 spiro atoms. The van der Waals surface area contributed by atoms with Crippen molar-refractivity contribution < 1.29 is 35.6 Å². The average Bonchev–Trinajstić information content (AvgIpc) is 3.40. The summed E-state index contributed by atoms with van der Waals surface area (Å²) >= 11 is 0. The second kappa shape index (κ2) is 11.5. The molecule has 2 fully saturated rings. The highest BCUT2D eigenvalue weighted by atomic mass is 19.4. The predicted octanol–water partition coefficient (Wildman–Crippen LogP) is 6.29. The van der Waals surface area contributed by atoms with Gasteiger partial charge in [0.25, 0.3) is 0 Å². The predicted molar refractivity (Wildman–Crippen MR) is 136 cm³/mol. The SMILES string of the molecule is C=C(/C=C\C=C/C)[C@]1(CO[C@H](C)c2cc(C(F)(F)F)cc(C(F)(F)F)c2)CC[C@]2(Cc3ncon3)CN1CCN2. The van der Waals surface area contributed by atoms with Crippen LogP contribution in [-0.4, -0.2) is 52.4 Å². The molecule has 4 rings (SSSR count). The van der Waals surface area contributed by atoms with E-state index in [1.807, 2.05) is 31.2 Å². The van der Waals surface area contributed by atoms with E-state index in [0.29, 0.717) is 44.7 Å². The van der Waals surface area contributed by atoms with E-state index in [2.05, 4.69) is 26.9 Å². The first-order valence-corrected chi connectivity index (χ1v) is 12.9. The van der Waals surface area contributed by atoms with Gasteiger partial charge in [0.05, 0.1) is 29.4 Å². The molecule has 0 saturated carbocycles. The summed E-state index contributed by atoms with van der Waals surface area (Å²) in [4.78, 5) is 6.39. The molecule has 2 aliphatic heterocycles. The minimum absolute atomic E-state index is 0.0308. The molecule has 1 unspecified atom stereocenters. The van der Waals surface area contributed by atoms with Gasteiger partial charge in [-0.1, -0.05) is 36.0 Å². The van der Waals surface area contributed by atoms with Crippen LogP contribution in [0.3, 0.4) is 0 Å². The molecule has 2 aliphatic rings. The lowest BCUT2D eigenvalue weighted by atomic mass is 9.72. The molecule has 3 heterocycles. The van der Waals surface area contributed by atoms with Gasteiger partial charge < -0.3 is 14.6 Å². The molecule has 4 atom stereocenters. The Labute approximate surface area is 228 Å². The zero-order valence-corrected chi connectivity index (χ0v) is 22.3. The molecule has 2 bridgehead atoms. The molecule has 1 aromatic carbocycles. The Morgan fingerprint density at radius 3 is 2.45 bits per heavy atom. The summed E-state index contributed by atoms with van der Waals surface area (Å²) in [5, 5.41) is 7.54. The second-order valence-electron chi connectivity index (χ2n) is 10.4. The monoisotopic (exact) mass is 570 g/mol. The van der Waals surface area contributed by atoms with E-state index in [9.17, 15) is 26.3 Å². The lowest BCUT2D eigenvalue weighted by molar-refractivity contribution is -0.143. The van der Waals surface area contributed by atoms with E-state index >= 15 is 0 Å². The van der Waals surface area contributed by atoms with Crippen molar-refractivity contribution in [1.82, 2.24) is 20.4 Å². The molecule has 0 aliphatic carbocycles. The molecule has 0 radical (unpaired) electrons. The first kappa shape index (κ1) is 30.0. The number of fused-ring (bicyclic) bond motifs is 2. The maximum Gasteiger partial charge on any atom is 0.416 e. The lowest BCUT2D eigenvalue weighted by Crippen LogP contribution is -2.72. The van der Waals surface area contributed by atoms with Gasteiger partial charge in [0.2, 0.25) is 6.39 Å². The van der Waals surface area contributed by atoms with E-state index < -0.39 is 35.1 Å². The molecule has 6 nitrogen and oxygen atoms in total. The van der Waals surface area contributed by atoms with Crippen LogP contribution in [0.25, 0.3) is 0 Å². The number of hydrogen-bond donors (Lipinski definition) is 1. The van der Waals surface area contributed by atoms with Crippen LogP contribution in [0.5, 0.6) is 0 Å². The van der Waals surface area contributed by atoms with E-state index in [0.717, 1.165) is 17.7 Å². The fourth-order valence-electron chi connectivity index (χ4n) is 5.50. The second-order valence-corrected chi connectivity index (χ2v) is 10.4. The molecule has 1 aromatic heterocycles. The number of alkyl halides is 6.